The van der Waals surface area contributed by atoms with Crippen molar-refractivity contribution in [2.45, 2.75) is 52.0 Å². The average molecular weight is 337 g/mol. The summed E-state index contributed by atoms with van der Waals surface area (Å²) in [6.45, 7) is 9.43. The summed E-state index contributed by atoms with van der Waals surface area (Å²) in [7, 11) is -3.67. The Morgan fingerprint density at radius 3 is 2.39 bits per heavy atom. The maximum absolute atomic E-state index is 12.7. The van der Waals surface area contributed by atoms with Gasteiger partial charge in [0.1, 0.15) is 6.04 Å². The van der Waals surface area contributed by atoms with Crippen molar-refractivity contribution in [1.82, 2.24) is 14.9 Å². The summed E-state index contributed by atoms with van der Waals surface area (Å²) in [6, 6.07) is 4.72. The lowest BCUT2D eigenvalue weighted by Gasteiger charge is -2.18. The highest BCUT2D eigenvalue weighted by Crippen LogP contribution is 2.24. The molecule has 0 saturated heterocycles. The molecule has 0 radical (unpaired) electrons. The molecule has 0 aliphatic carbocycles. The van der Waals surface area contributed by atoms with Gasteiger partial charge in [-0.2, -0.15) is 4.72 Å². The van der Waals surface area contributed by atoms with Crippen LogP contribution >= 0.6 is 0 Å². The SMILES string of the molecule is Cc1ccc(S(=O)(=O)NC(CC(C)C)c2nnc(C)o2)c(C)c1. The van der Waals surface area contributed by atoms with Gasteiger partial charge >= 0.3 is 0 Å². The standard InChI is InChI=1S/C16H23N3O3S/c1-10(2)8-14(16-18-17-13(5)22-16)19-23(20,21)15-7-6-11(3)9-12(15)4/h6-7,9-10,14,19H,8H2,1-5H3. The van der Waals surface area contributed by atoms with Gasteiger partial charge in [-0.15, -0.1) is 10.2 Å². The van der Waals surface area contributed by atoms with Crippen LogP contribution in [0, 0.1) is 26.7 Å². The largest absolute Gasteiger partial charge is 0.424 e. The molecule has 6 nitrogen and oxygen atoms in total. The lowest BCUT2D eigenvalue weighted by Crippen LogP contribution is -2.30. The summed E-state index contributed by atoms with van der Waals surface area (Å²) in [5, 5.41) is 7.77. The number of sulfonamides is 1. The van der Waals surface area contributed by atoms with Gasteiger partial charge in [0.05, 0.1) is 4.90 Å². The van der Waals surface area contributed by atoms with Crippen LogP contribution in [0.2, 0.25) is 0 Å². The van der Waals surface area contributed by atoms with Gasteiger partial charge < -0.3 is 4.42 Å². The number of nitrogens with zero attached hydrogens (tertiary/aromatic N) is 2. The third-order valence-corrected chi connectivity index (χ3v) is 5.10. The molecule has 1 atom stereocenters. The highest BCUT2D eigenvalue weighted by atomic mass is 32.2. The Labute approximate surface area is 137 Å². The lowest BCUT2D eigenvalue weighted by molar-refractivity contribution is 0.372. The van der Waals surface area contributed by atoms with E-state index in [4.69, 9.17) is 4.42 Å². The van der Waals surface area contributed by atoms with Crippen molar-refractivity contribution in [1.29, 1.82) is 0 Å². The summed E-state index contributed by atoms with van der Waals surface area (Å²) in [5.74, 6) is 0.984. The van der Waals surface area contributed by atoms with Crippen molar-refractivity contribution in [2.75, 3.05) is 0 Å². The minimum absolute atomic E-state index is 0.271. The fourth-order valence-electron chi connectivity index (χ4n) is 2.48. The molecule has 126 valence electrons. The van der Waals surface area contributed by atoms with E-state index in [9.17, 15) is 8.42 Å². The van der Waals surface area contributed by atoms with E-state index in [0.29, 0.717) is 23.8 Å². The molecule has 23 heavy (non-hydrogen) atoms. The van der Waals surface area contributed by atoms with Crippen molar-refractivity contribution in [3.8, 4) is 0 Å². The maximum atomic E-state index is 12.7. The van der Waals surface area contributed by atoms with E-state index in [1.807, 2.05) is 26.8 Å². The summed E-state index contributed by atoms with van der Waals surface area (Å²) < 4.78 is 33.6. The molecule has 1 N–H and O–H groups in total. The minimum Gasteiger partial charge on any atom is -0.424 e. The Morgan fingerprint density at radius 1 is 1.17 bits per heavy atom. The zero-order valence-corrected chi connectivity index (χ0v) is 14.9. The van der Waals surface area contributed by atoms with Gasteiger partial charge in [0.15, 0.2) is 0 Å². The van der Waals surface area contributed by atoms with Gasteiger partial charge in [0.2, 0.25) is 21.8 Å². The second-order valence-corrected chi connectivity index (χ2v) is 7.91. The summed E-state index contributed by atoms with van der Waals surface area (Å²) in [6.07, 6.45) is 0.575. The van der Waals surface area contributed by atoms with Crippen LogP contribution in [0.25, 0.3) is 0 Å². The predicted molar refractivity (Wildman–Crippen MR) is 87.5 cm³/mol. The molecule has 1 unspecified atom stereocenters. The van der Waals surface area contributed by atoms with Crippen LogP contribution in [0.1, 0.15) is 49.2 Å². The van der Waals surface area contributed by atoms with Crippen molar-refractivity contribution in [2.24, 2.45) is 5.92 Å². The van der Waals surface area contributed by atoms with Gasteiger partial charge in [-0.1, -0.05) is 31.5 Å². The minimum atomic E-state index is -3.67. The zero-order chi connectivity index (χ0) is 17.2. The normalized spacial score (nSPS) is 13.5. The fourth-order valence-corrected chi connectivity index (χ4v) is 3.90. The summed E-state index contributed by atoms with van der Waals surface area (Å²) >= 11 is 0. The van der Waals surface area contributed by atoms with Crippen molar-refractivity contribution < 1.29 is 12.8 Å². The Hall–Kier alpha value is -1.73. The fraction of sp³-hybridized carbons (Fsp3) is 0.500. The first-order valence-corrected chi connectivity index (χ1v) is 9.07. The number of aromatic nitrogens is 2. The van der Waals surface area contributed by atoms with Gasteiger partial charge in [0, 0.05) is 6.92 Å². The third-order valence-electron chi connectivity index (χ3n) is 3.46. The van der Waals surface area contributed by atoms with Crippen LogP contribution < -0.4 is 4.72 Å². The van der Waals surface area contributed by atoms with E-state index >= 15 is 0 Å². The van der Waals surface area contributed by atoms with E-state index in [0.717, 1.165) is 5.56 Å². The quantitative estimate of drug-likeness (QED) is 0.875. The molecule has 0 saturated carbocycles. The maximum Gasteiger partial charge on any atom is 0.241 e. The number of aryl methyl sites for hydroxylation is 3. The van der Waals surface area contributed by atoms with Crippen LogP contribution in [0.3, 0.4) is 0 Å². The molecule has 0 aliphatic heterocycles. The Kier molecular flexibility index (Phi) is 5.21. The monoisotopic (exact) mass is 337 g/mol. The predicted octanol–water partition coefficient (Wildman–Crippen LogP) is 3.06. The molecule has 1 aromatic heterocycles. The average Bonchev–Trinajstić information content (AvgIpc) is 2.83. The first-order valence-electron chi connectivity index (χ1n) is 7.58. The van der Waals surface area contributed by atoms with Gasteiger partial charge in [-0.3, -0.25) is 0 Å². The molecule has 0 spiro atoms. The van der Waals surface area contributed by atoms with Crippen LogP contribution in [0.4, 0.5) is 0 Å². The molecule has 0 bridgehead atoms. The summed E-state index contributed by atoms with van der Waals surface area (Å²) in [4.78, 5) is 0.271. The molecule has 0 aliphatic rings. The first kappa shape index (κ1) is 17.6. The first-order chi connectivity index (χ1) is 10.7. The van der Waals surface area contributed by atoms with E-state index in [1.54, 1.807) is 26.0 Å². The van der Waals surface area contributed by atoms with Gasteiger partial charge in [-0.25, -0.2) is 8.42 Å². The molecule has 2 aromatic rings. The van der Waals surface area contributed by atoms with Crippen molar-refractivity contribution >= 4 is 10.0 Å². The summed E-state index contributed by atoms with van der Waals surface area (Å²) in [5.41, 5.74) is 1.73. The van der Waals surface area contributed by atoms with Crippen molar-refractivity contribution in [3.63, 3.8) is 0 Å². The molecule has 1 aromatic carbocycles. The van der Waals surface area contributed by atoms with E-state index < -0.39 is 16.1 Å². The number of hydrogen-bond acceptors (Lipinski definition) is 5. The van der Waals surface area contributed by atoms with Gasteiger partial charge in [0.25, 0.3) is 0 Å². The molecule has 7 heteroatoms. The molecular formula is C16H23N3O3S. The van der Waals surface area contributed by atoms with Crippen LogP contribution in [0.5, 0.6) is 0 Å². The van der Waals surface area contributed by atoms with E-state index in [1.165, 1.54) is 0 Å². The van der Waals surface area contributed by atoms with Crippen LogP contribution in [-0.4, -0.2) is 18.6 Å². The zero-order valence-electron chi connectivity index (χ0n) is 14.1. The van der Waals surface area contributed by atoms with Gasteiger partial charge in [-0.05, 0) is 37.8 Å². The Morgan fingerprint density at radius 2 is 1.87 bits per heavy atom. The topological polar surface area (TPSA) is 85.1 Å². The number of hydrogen-bond donors (Lipinski definition) is 1. The second-order valence-electron chi connectivity index (χ2n) is 6.23. The highest BCUT2D eigenvalue weighted by Gasteiger charge is 2.27. The molecule has 0 fully saturated rings. The highest BCUT2D eigenvalue weighted by molar-refractivity contribution is 7.89. The van der Waals surface area contributed by atoms with Crippen LogP contribution in [0.15, 0.2) is 27.5 Å². The lowest BCUT2D eigenvalue weighted by atomic mass is 10.0. The van der Waals surface area contributed by atoms with E-state index in [2.05, 4.69) is 14.9 Å². The Bertz CT molecular complexity index is 782. The number of nitrogens with one attached hydrogen (secondary N) is 1. The third kappa shape index (κ3) is 4.39. The smallest absolute Gasteiger partial charge is 0.241 e. The Balaban J connectivity index is 2.34. The molecular weight excluding hydrogens is 314 g/mol. The van der Waals surface area contributed by atoms with E-state index in [-0.39, 0.29) is 10.8 Å². The second kappa shape index (κ2) is 6.80. The molecule has 1 heterocycles. The number of rotatable bonds is 6. The van der Waals surface area contributed by atoms with Crippen LogP contribution in [-0.2, 0) is 10.0 Å². The molecule has 0 amide bonds. The number of benzene rings is 1. The molecule has 2 rings (SSSR count). The van der Waals surface area contributed by atoms with Crippen molar-refractivity contribution in [3.05, 3.63) is 41.1 Å².